The van der Waals surface area contributed by atoms with Crippen molar-refractivity contribution < 1.29 is 4.79 Å². The number of para-hydroxylation sites is 1. The summed E-state index contributed by atoms with van der Waals surface area (Å²) in [4.78, 5) is 13.6. The molecule has 0 saturated heterocycles. The van der Waals surface area contributed by atoms with Gasteiger partial charge < -0.3 is 5.32 Å². The standard InChI is InChI=1S/C29H31NO/c1-19(2)24-13-9-14-25(20(3)4)28(24)30-18-23-17-16-22-12-8-15-26(27(22)29(23)31)21-10-6-5-7-11-21/h5-15,18-20,30H,16-17H2,1-4H3/b23-18+. The summed E-state index contributed by atoms with van der Waals surface area (Å²) >= 11 is 0. The van der Waals surface area contributed by atoms with Crippen molar-refractivity contribution in [3.8, 4) is 11.1 Å². The third-order valence-electron chi connectivity index (χ3n) is 6.18. The van der Waals surface area contributed by atoms with E-state index in [1.165, 1.54) is 11.1 Å². The molecule has 31 heavy (non-hydrogen) atoms. The Labute approximate surface area is 186 Å². The zero-order chi connectivity index (χ0) is 22.0. The van der Waals surface area contributed by atoms with Crippen molar-refractivity contribution in [2.45, 2.75) is 52.4 Å². The molecule has 0 aromatic heterocycles. The van der Waals surface area contributed by atoms with E-state index < -0.39 is 0 Å². The van der Waals surface area contributed by atoms with Crippen LogP contribution >= 0.6 is 0 Å². The molecule has 1 aliphatic rings. The first-order chi connectivity index (χ1) is 15.0. The largest absolute Gasteiger partial charge is 0.361 e. The molecule has 0 radical (unpaired) electrons. The second-order valence-corrected chi connectivity index (χ2v) is 8.97. The van der Waals surface area contributed by atoms with Crippen molar-refractivity contribution in [2.75, 3.05) is 5.32 Å². The van der Waals surface area contributed by atoms with Crippen LogP contribution in [0.2, 0.25) is 0 Å². The fraction of sp³-hybridized carbons (Fsp3) is 0.276. The van der Waals surface area contributed by atoms with Gasteiger partial charge in [0.1, 0.15) is 0 Å². The van der Waals surface area contributed by atoms with Crippen LogP contribution in [0.4, 0.5) is 5.69 Å². The molecule has 0 heterocycles. The first-order valence-electron chi connectivity index (χ1n) is 11.3. The lowest BCUT2D eigenvalue weighted by molar-refractivity contribution is 0.102. The Kier molecular flexibility index (Phi) is 6.08. The van der Waals surface area contributed by atoms with Crippen molar-refractivity contribution in [3.63, 3.8) is 0 Å². The third kappa shape index (κ3) is 4.20. The summed E-state index contributed by atoms with van der Waals surface area (Å²) in [7, 11) is 0. The molecule has 0 unspecified atom stereocenters. The minimum Gasteiger partial charge on any atom is -0.361 e. The number of anilines is 1. The highest BCUT2D eigenvalue weighted by Crippen LogP contribution is 2.35. The Bertz CT molecular complexity index is 1100. The van der Waals surface area contributed by atoms with Gasteiger partial charge in [0.05, 0.1) is 0 Å². The van der Waals surface area contributed by atoms with Crippen molar-refractivity contribution in [1.82, 2.24) is 0 Å². The maximum Gasteiger partial charge on any atom is 0.191 e. The number of carbonyl (C=O) groups is 1. The Morgan fingerprint density at radius 2 is 1.42 bits per heavy atom. The molecule has 0 amide bonds. The van der Waals surface area contributed by atoms with Crippen LogP contribution in [0.25, 0.3) is 11.1 Å². The lowest BCUT2D eigenvalue weighted by atomic mass is 9.82. The Morgan fingerprint density at radius 3 is 2.06 bits per heavy atom. The number of hydrogen-bond acceptors (Lipinski definition) is 2. The molecule has 0 bridgehead atoms. The summed E-state index contributed by atoms with van der Waals surface area (Å²) in [5.74, 6) is 0.959. The van der Waals surface area contributed by atoms with Crippen LogP contribution in [-0.2, 0) is 6.42 Å². The quantitative estimate of drug-likeness (QED) is 0.437. The van der Waals surface area contributed by atoms with Gasteiger partial charge in [-0.3, -0.25) is 4.79 Å². The lowest BCUT2D eigenvalue weighted by Crippen LogP contribution is -2.17. The van der Waals surface area contributed by atoms with E-state index in [2.05, 4.69) is 81.5 Å². The Morgan fingerprint density at radius 1 is 0.774 bits per heavy atom. The number of hydrogen-bond donors (Lipinski definition) is 1. The molecule has 0 atom stereocenters. The molecule has 1 N–H and O–H groups in total. The number of benzene rings is 3. The van der Waals surface area contributed by atoms with Crippen LogP contribution in [0.5, 0.6) is 0 Å². The van der Waals surface area contributed by atoms with E-state index in [1.807, 2.05) is 24.4 Å². The maximum atomic E-state index is 13.6. The van der Waals surface area contributed by atoms with Gasteiger partial charge in [0.25, 0.3) is 0 Å². The number of aryl methyl sites for hydroxylation is 1. The van der Waals surface area contributed by atoms with Crippen LogP contribution in [0, 0.1) is 0 Å². The van der Waals surface area contributed by atoms with E-state index in [0.717, 1.165) is 46.4 Å². The van der Waals surface area contributed by atoms with Gasteiger partial charge in [0, 0.05) is 23.0 Å². The van der Waals surface area contributed by atoms with E-state index in [1.54, 1.807) is 0 Å². The summed E-state index contributed by atoms with van der Waals surface area (Å²) in [6, 6.07) is 22.9. The number of ketones is 1. The van der Waals surface area contributed by atoms with Gasteiger partial charge >= 0.3 is 0 Å². The summed E-state index contributed by atoms with van der Waals surface area (Å²) in [6.45, 7) is 8.86. The second-order valence-electron chi connectivity index (χ2n) is 8.97. The van der Waals surface area contributed by atoms with Crippen LogP contribution in [-0.4, -0.2) is 5.78 Å². The molecule has 0 spiro atoms. The van der Waals surface area contributed by atoms with E-state index in [0.29, 0.717) is 11.8 Å². The highest BCUT2D eigenvalue weighted by Gasteiger charge is 2.25. The summed E-state index contributed by atoms with van der Waals surface area (Å²) in [6.07, 6.45) is 3.61. The molecule has 0 aliphatic heterocycles. The van der Waals surface area contributed by atoms with Crippen molar-refractivity contribution in [1.29, 1.82) is 0 Å². The fourth-order valence-electron chi connectivity index (χ4n) is 4.49. The van der Waals surface area contributed by atoms with Gasteiger partial charge in [-0.1, -0.05) is 94.4 Å². The van der Waals surface area contributed by atoms with Gasteiger partial charge in [-0.15, -0.1) is 0 Å². The summed E-state index contributed by atoms with van der Waals surface area (Å²) in [5.41, 5.74) is 8.70. The fourth-order valence-corrected chi connectivity index (χ4v) is 4.49. The smallest absolute Gasteiger partial charge is 0.191 e. The molecule has 4 rings (SSSR count). The molecule has 1 aliphatic carbocycles. The number of fused-ring (bicyclic) bond motifs is 1. The lowest BCUT2D eigenvalue weighted by Gasteiger charge is -2.23. The zero-order valence-corrected chi connectivity index (χ0v) is 18.9. The Balaban J connectivity index is 1.72. The Hall–Kier alpha value is -3.13. The number of allylic oxidation sites excluding steroid dienone is 1. The minimum absolute atomic E-state index is 0.140. The van der Waals surface area contributed by atoms with Crippen LogP contribution in [0.15, 0.2) is 78.5 Å². The first kappa shape index (κ1) is 21.1. The normalized spacial score (nSPS) is 14.9. The van der Waals surface area contributed by atoms with Gasteiger partial charge in [0.15, 0.2) is 5.78 Å². The molecular formula is C29H31NO. The highest BCUT2D eigenvalue weighted by atomic mass is 16.1. The maximum absolute atomic E-state index is 13.6. The number of nitrogens with one attached hydrogen (secondary N) is 1. The SMILES string of the molecule is CC(C)c1cccc(C(C)C)c1N/C=C1\CCc2cccc(-c3ccccc3)c2C1=O. The molecule has 0 fully saturated rings. The monoisotopic (exact) mass is 409 g/mol. The van der Waals surface area contributed by atoms with E-state index in [-0.39, 0.29) is 5.78 Å². The molecule has 158 valence electrons. The van der Waals surface area contributed by atoms with Crippen LogP contribution in [0.1, 0.15) is 73.0 Å². The van der Waals surface area contributed by atoms with Crippen LogP contribution < -0.4 is 5.32 Å². The molecule has 3 aromatic carbocycles. The number of Topliss-reactive ketones (excluding diaryl/α,β-unsaturated/α-hetero) is 1. The van der Waals surface area contributed by atoms with Gasteiger partial charge in [0.2, 0.25) is 0 Å². The van der Waals surface area contributed by atoms with E-state index in [4.69, 9.17) is 0 Å². The highest BCUT2D eigenvalue weighted by molar-refractivity contribution is 6.14. The third-order valence-corrected chi connectivity index (χ3v) is 6.18. The van der Waals surface area contributed by atoms with Crippen molar-refractivity contribution in [3.05, 3.63) is 101 Å². The van der Waals surface area contributed by atoms with Gasteiger partial charge in [-0.2, -0.15) is 0 Å². The first-order valence-corrected chi connectivity index (χ1v) is 11.3. The zero-order valence-electron chi connectivity index (χ0n) is 18.9. The molecule has 2 heteroatoms. The number of rotatable bonds is 5. The second kappa shape index (κ2) is 8.93. The topological polar surface area (TPSA) is 29.1 Å². The molecule has 2 nitrogen and oxygen atoms in total. The predicted octanol–water partition coefficient (Wildman–Crippen LogP) is 7.73. The molecule has 0 saturated carbocycles. The average Bonchev–Trinajstić information content (AvgIpc) is 2.78. The van der Waals surface area contributed by atoms with E-state index >= 15 is 0 Å². The molecular weight excluding hydrogens is 378 g/mol. The summed E-state index contributed by atoms with van der Waals surface area (Å²) in [5, 5.41) is 3.55. The van der Waals surface area contributed by atoms with Gasteiger partial charge in [-0.25, -0.2) is 0 Å². The average molecular weight is 410 g/mol. The minimum atomic E-state index is 0.140. The van der Waals surface area contributed by atoms with Crippen molar-refractivity contribution in [2.24, 2.45) is 0 Å². The van der Waals surface area contributed by atoms with Gasteiger partial charge in [-0.05, 0) is 52.5 Å². The molecule has 3 aromatic rings. The number of carbonyl (C=O) groups excluding carboxylic acids is 1. The van der Waals surface area contributed by atoms with Crippen LogP contribution in [0.3, 0.4) is 0 Å². The predicted molar refractivity (Wildman–Crippen MR) is 131 cm³/mol. The van der Waals surface area contributed by atoms with E-state index in [9.17, 15) is 4.79 Å². The van der Waals surface area contributed by atoms with Crippen molar-refractivity contribution >= 4 is 11.5 Å². The summed E-state index contributed by atoms with van der Waals surface area (Å²) < 4.78 is 0.